The molecular formula is C23H19FN4O3. The second-order valence-corrected chi connectivity index (χ2v) is 7.62. The minimum atomic E-state index is -0.436. The zero-order valence-electron chi connectivity index (χ0n) is 16.8. The summed E-state index contributed by atoms with van der Waals surface area (Å²) >= 11 is 0. The number of hydrogen-bond donors (Lipinski definition) is 2. The first-order chi connectivity index (χ1) is 14.9. The second kappa shape index (κ2) is 7.09. The van der Waals surface area contributed by atoms with Gasteiger partial charge in [-0.1, -0.05) is 13.0 Å². The Balaban J connectivity index is 1.57. The molecule has 0 fully saturated rings. The topological polar surface area (TPSA) is 88.5 Å². The lowest BCUT2D eigenvalue weighted by Crippen LogP contribution is -2.27. The van der Waals surface area contributed by atoms with Gasteiger partial charge in [-0.15, -0.1) is 0 Å². The molecule has 1 aromatic carbocycles. The summed E-state index contributed by atoms with van der Waals surface area (Å²) in [5, 5.41) is 8.45. The van der Waals surface area contributed by atoms with Crippen LogP contribution < -0.4 is 10.9 Å². The maximum atomic E-state index is 13.6. The Morgan fingerprint density at radius 3 is 2.94 bits per heavy atom. The molecule has 3 aromatic heterocycles. The van der Waals surface area contributed by atoms with Crippen molar-refractivity contribution in [1.82, 2.24) is 14.6 Å². The first kappa shape index (κ1) is 19.0. The molecule has 1 amide bonds. The molecule has 31 heavy (non-hydrogen) atoms. The van der Waals surface area contributed by atoms with Crippen LogP contribution in [0.25, 0.3) is 27.3 Å². The average Bonchev–Trinajstić information content (AvgIpc) is 3.13. The summed E-state index contributed by atoms with van der Waals surface area (Å²) in [6, 6.07) is 7.62. The lowest BCUT2D eigenvalue weighted by molar-refractivity contribution is -0.119. The van der Waals surface area contributed by atoms with E-state index in [1.807, 2.05) is 19.1 Å². The molecule has 0 radical (unpaired) electrons. The van der Waals surface area contributed by atoms with Crippen LogP contribution in [0.4, 0.5) is 10.1 Å². The fraction of sp³-hybridized carbons (Fsp3) is 0.174. The van der Waals surface area contributed by atoms with Gasteiger partial charge in [-0.05, 0) is 48.4 Å². The second-order valence-electron chi connectivity index (χ2n) is 7.62. The average molecular weight is 418 g/mol. The summed E-state index contributed by atoms with van der Waals surface area (Å²) in [4.78, 5) is 28.3. The number of fused-ring (bicyclic) bond motifs is 5. The number of ether oxygens (including phenoxy) is 1. The SMILES string of the molecule is COC1=CC(C(=O)Nc2ccn3nc4c5ccc(F)cc5[nH]c(=O)c4c3c2)C(C)C=C1. The van der Waals surface area contributed by atoms with Crippen LogP contribution in [-0.2, 0) is 9.53 Å². The largest absolute Gasteiger partial charge is 0.497 e. The number of H-pyrrole nitrogens is 1. The molecule has 7 nitrogen and oxygen atoms in total. The van der Waals surface area contributed by atoms with E-state index in [1.165, 1.54) is 12.1 Å². The van der Waals surface area contributed by atoms with Crippen molar-refractivity contribution in [3.63, 3.8) is 0 Å². The number of anilines is 1. The van der Waals surface area contributed by atoms with E-state index in [2.05, 4.69) is 15.4 Å². The molecule has 0 saturated carbocycles. The Hall–Kier alpha value is -3.94. The molecular weight excluding hydrogens is 399 g/mol. The highest BCUT2D eigenvalue weighted by atomic mass is 19.1. The maximum Gasteiger partial charge on any atom is 0.260 e. The number of carbonyl (C=O) groups excluding carboxylic acids is 1. The molecule has 2 N–H and O–H groups in total. The van der Waals surface area contributed by atoms with Crippen molar-refractivity contribution in [2.75, 3.05) is 12.4 Å². The van der Waals surface area contributed by atoms with Gasteiger partial charge < -0.3 is 15.0 Å². The summed E-state index contributed by atoms with van der Waals surface area (Å²) < 4.78 is 20.4. The summed E-state index contributed by atoms with van der Waals surface area (Å²) in [7, 11) is 1.56. The fourth-order valence-corrected chi connectivity index (χ4v) is 3.97. The molecule has 0 bridgehead atoms. The van der Waals surface area contributed by atoms with E-state index in [4.69, 9.17) is 4.74 Å². The zero-order valence-corrected chi connectivity index (χ0v) is 16.8. The Morgan fingerprint density at radius 1 is 1.29 bits per heavy atom. The smallest absolute Gasteiger partial charge is 0.260 e. The Morgan fingerprint density at radius 2 is 2.13 bits per heavy atom. The molecule has 2 atom stereocenters. The van der Waals surface area contributed by atoms with Gasteiger partial charge in [-0.3, -0.25) is 9.59 Å². The number of allylic oxidation sites excluding steroid dienone is 2. The van der Waals surface area contributed by atoms with Crippen LogP contribution in [0.2, 0.25) is 0 Å². The highest BCUT2D eigenvalue weighted by Gasteiger charge is 2.25. The van der Waals surface area contributed by atoms with E-state index in [0.717, 1.165) is 0 Å². The van der Waals surface area contributed by atoms with E-state index in [-0.39, 0.29) is 23.3 Å². The number of nitrogens with zero attached hydrogens (tertiary/aromatic N) is 2. The monoisotopic (exact) mass is 418 g/mol. The van der Waals surface area contributed by atoms with Gasteiger partial charge in [0.05, 0.1) is 29.4 Å². The van der Waals surface area contributed by atoms with E-state index in [0.29, 0.717) is 38.8 Å². The van der Waals surface area contributed by atoms with Crippen molar-refractivity contribution in [1.29, 1.82) is 0 Å². The van der Waals surface area contributed by atoms with Crippen molar-refractivity contribution in [2.24, 2.45) is 11.8 Å². The third kappa shape index (κ3) is 3.16. The number of methoxy groups -OCH3 is 1. The Kier molecular flexibility index (Phi) is 4.35. The van der Waals surface area contributed by atoms with E-state index >= 15 is 0 Å². The predicted octanol–water partition coefficient (Wildman–Crippen LogP) is 3.76. The van der Waals surface area contributed by atoms with Crippen LogP contribution >= 0.6 is 0 Å². The van der Waals surface area contributed by atoms with Gasteiger partial charge in [-0.25, -0.2) is 8.91 Å². The lowest BCUT2D eigenvalue weighted by atomic mass is 9.88. The van der Waals surface area contributed by atoms with Crippen LogP contribution in [0.1, 0.15) is 6.92 Å². The van der Waals surface area contributed by atoms with Gasteiger partial charge in [0.15, 0.2) is 0 Å². The van der Waals surface area contributed by atoms with E-state index in [1.54, 1.807) is 42.1 Å². The summed E-state index contributed by atoms with van der Waals surface area (Å²) in [6.07, 6.45) is 7.26. The molecule has 0 aliphatic heterocycles. The third-order valence-corrected chi connectivity index (χ3v) is 5.63. The minimum absolute atomic E-state index is 0.0213. The Bertz CT molecular complexity index is 1480. The van der Waals surface area contributed by atoms with Crippen molar-refractivity contribution in [3.05, 3.63) is 76.7 Å². The fourth-order valence-electron chi connectivity index (χ4n) is 3.97. The van der Waals surface area contributed by atoms with Crippen molar-refractivity contribution in [2.45, 2.75) is 6.92 Å². The van der Waals surface area contributed by atoms with Crippen LogP contribution in [0.15, 0.2) is 65.3 Å². The van der Waals surface area contributed by atoms with E-state index in [9.17, 15) is 14.0 Å². The van der Waals surface area contributed by atoms with Crippen LogP contribution in [0.3, 0.4) is 0 Å². The number of nitrogens with one attached hydrogen (secondary N) is 2. The number of aromatic nitrogens is 3. The lowest BCUT2D eigenvalue weighted by Gasteiger charge is -2.21. The molecule has 1 aliphatic rings. The van der Waals surface area contributed by atoms with Crippen LogP contribution in [-0.4, -0.2) is 27.6 Å². The number of carbonyl (C=O) groups is 1. The first-order valence-electron chi connectivity index (χ1n) is 9.83. The van der Waals surface area contributed by atoms with Gasteiger partial charge in [-0.2, -0.15) is 5.10 Å². The molecule has 5 rings (SSSR count). The molecule has 0 spiro atoms. The number of rotatable bonds is 3. The normalized spacial score (nSPS) is 18.5. The number of halogens is 1. The molecule has 4 aromatic rings. The summed E-state index contributed by atoms with van der Waals surface area (Å²) in [5.41, 5.74) is 1.58. The molecule has 156 valence electrons. The van der Waals surface area contributed by atoms with Crippen molar-refractivity contribution in [3.8, 4) is 0 Å². The van der Waals surface area contributed by atoms with Crippen LogP contribution in [0.5, 0.6) is 0 Å². The maximum absolute atomic E-state index is 13.6. The first-order valence-corrected chi connectivity index (χ1v) is 9.83. The highest BCUT2D eigenvalue weighted by Crippen LogP contribution is 2.27. The highest BCUT2D eigenvalue weighted by molar-refractivity contribution is 6.09. The van der Waals surface area contributed by atoms with Gasteiger partial charge in [0.1, 0.15) is 17.1 Å². The molecule has 3 heterocycles. The van der Waals surface area contributed by atoms with Crippen molar-refractivity contribution >= 4 is 38.9 Å². The van der Waals surface area contributed by atoms with E-state index < -0.39 is 5.82 Å². The standard InChI is InChI=1S/C23H19FN4O3/c1-12-3-5-15(31-2)11-17(12)22(29)25-14-7-8-28-19(10-14)20-21(27-28)16-6-4-13(24)9-18(16)26-23(20)30/h3-12,17H,1-2H3,(H,25,29)(H,26,30). The van der Waals surface area contributed by atoms with Crippen LogP contribution in [0, 0.1) is 17.7 Å². The van der Waals surface area contributed by atoms with Gasteiger partial charge in [0.2, 0.25) is 5.91 Å². The number of pyridine rings is 2. The van der Waals surface area contributed by atoms with Crippen molar-refractivity contribution < 1.29 is 13.9 Å². The summed E-state index contributed by atoms with van der Waals surface area (Å²) in [6.45, 7) is 1.96. The summed E-state index contributed by atoms with van der Waals surface area (Å²) in [5.74, 6) is -0.318. The number of aromatic amines is 1. The molecule has 1 aliphatic carbocycles. The van der Waals surface area contributed by atoms with Gasteiger partial charge >= 0.3 is 0 Å². The molecule has 0 saturated heterocycles. The number of benzene rings is 1. The zero-order chi connectivity index (χ0) is 21.7. The third-order valence-electron chi connectivity index (χ3n) is 5.63. The Labute approximate surface area is 175 Å². The molecule has 2 unspecified atom stereocenters. The quantitative estimate of drug-likeness (QED) is 0.530. The predicted molar refractivity (Wildman–Crippen MR) is 116 cm³/mol. The minimum Gasteiger partial charge on any atom is -0.497 e. The van der Waals surface area contributed by atoms with Gasteiger partial charge in [0.25, 0.3) is 5.56 Å². The molecule has 8 heteroatoms. The van der Waals surface area contributed by atoms with Gasteiger partial charge in [0, 0.05) is 17.3 Å². The number of amides is 1. The number of hydrogen-bond acceptors (Lipinski definition) is 4.